The molecule has 0 spiro atoms. The van der Waals surface area contributed by atoms with Gasteiger partial charge in [-0.05, 0) is 31.9 Å². The van der Waals surface area contributed by atoms with E-state index in [1.54, 1.807) is 0 Å². The monoisotopic (exact) mass is 374 g/mol. The van der Waals surface area contributed by atoms with Crippen LogP contribution in [-0.2, 0) is 9.47 Å². The van der Waals surface area contributed by atoms with Gasteiger partial charge in [0.1, 0.15) is 6.10 Å². The van der Waals surface area contributed by atoms with Gasteiger partial charge < -0.3 is 25.0 Å². The van der Waals surface area contributed by atoms with E-state index in [1.807, 2.05) is 30.3 Å². The van der Waals surface area contributed by atoms with Crippen LogP contribution in [0.3, 0.4) is 0 Å². The minimum absolute atomic E-state index is 0.0689. The summed E-state index contributed by atoms with van der Waals surface area (Å²) in [6, 6.07) is 9.23. The van der Waals surface area contributed by atoms with Crippen molar-refractivity contribution in [3.8, 4) is 0 Å². The molecule has 0 saturated carbocycles. The Morgan fingerprint density at radius 2 is 2.00 bits per heavy atom. The van der Waals surface area contributed by atoms with Crippen molar-refractivity contribution in [3.05, 3.63) is 35.9 Å². The molecule has 2 atom stereocenters. The van der Waals surface area contributed by atoms with Gasteiger partial charge in [-0.3, -0.25) is 9.79 Å². The summed E-state index contributed by atoms with van der Waals surface area (Å²) in [6.45, 7) is 7.00. The molecule has 0 aliphatic carbocycles. The first-order valence-electron chi connectivity index (χ1n) is 9.87. The van der Waals surface area contributed by atoms with Crippen LogP contribution in [0, 0.1) is 0 Å². The molecule has 7 heteroatoms. The van der Waals surface area contributed by atoms with Gasteiger partial charge in [0.2, 0.25) is 0 Å². The van der Waals surface area contributed by atoms with E-state index in [2.05, 4.69) is 27.4 Å². The molecule has 1 aromatic carbocycles. The van der Waals surface area contributed by atoms with Crippen LogP contribution >= 0.6 is 0 Å². The smallest absolute Gasteiger partial charge is 0.251 e. The Kier molecular flexibility index (Phi) is 7.47. The summed E-state index contributed by atoms with van der Waals surface area (Å²) in [5, 5.41) is 6.27. The van der Waals surface area contributed by atoms with Gasteiger partial charge in [0, 0.05) is 38.3 Å². The van der Waals surface area contributed by atoms with Crippen LogP contribution in [0.4, 0.5) is 0 Å². The van der Waals surface area contributed by atoms with E-state index in [0.717, 1.165) is 45.0 Å². The highest BCUT2D eigenvalue weighted by molar-refractivity contribution is 5.94. The van der Waals surface area contributed by atoms with Crippen LogP contribution in [0.1, 0.15) is 30.1 Å². The predicted octanol–water partition coefficient (Wildman–Crippen LogP) is 1.26. The molecular formula is C20H30N4O3. The number of rotatable bonds is 6. The van der Waals surface area contributed by atoms with E-state index in [-0.39, 0.29) is 18.1 Å². The van der Waals surface area contributed by atoms with Crippen LogP contribution in [0.15, 0.2) is 35.3 Å². The first-order chi connectivity index (χ1) is 13.3. The van der Waals surface area contributed by atoms with E-state index in [4.69, 9.17) is 9.47 Å². The topological polar surface area (TPSA) is 75.2 Å². The molecule has 2 unspecified atom stereocenters. The van der Waals surface area contributed by atoms with Crippen molar-refractivity contribution in [1.29, 1.82) is 0 Å². The zero-order valence-electron chi connectivity index (χ0n) is 16.0. The van der Waals surface area contributed by atoms with E-state index in [9.17, 15) is 4.79 Å². The Morgan fingerprint density at radius 1 is 1.19 bits per heavy atom. The fourth-order valence-electron chi connectivity index (χ4n) is 3.44. The van der Waals surface area contributed by atoms with E-state index < -0.39 is 0 Å². The van der Waals surface area contributed by atoms with E-state index in [0.29, 0.717) is 25.3 Å². The van der Waals surface area contributed by atoms with E-state index >= 15 is 0 Å². The molecule has 0 bridgehead atoms. The first-order valence-corrected chi connectivity index (χ1v) is 9.87. The molecule has 3 rings (SSSR count). The number of nitrogens with one attached hydrogen (secondary N) is 2. The predicted molar refractivity (Wildman–Crippen MR) is 105 cm³/mol. The molecular weight excluding hydrogens is 344 g/mol. The largest absolute Gasteiger partial charge is 0.375 e. The van der Waals surface area contributed by atoms with Crippen LogP contribution in [0.5, 0.6) is 0 Å². The number of carbonyl (C=O) groups excluding carboxylic acids is 1. The van der Waals surface area contributed by atoms with Crippen molar-refractivity contribution >= 4 is 11.9 Å². The third-order valence-corrected chi connectivity index (χ3v) is 4.80. The minimum atomic E-state index is -0.0689. The summed E-state index contributed by atoms with van der Waals surface area (Å²) in [4.78, 5) is 19.0. The molecule has 1 amide bonds. The number of carbonyl (C=O) groups is 1. The SMILES string of the molecule is CCNC(=NCCNC(=O)c1ccccc1)N1CCOC(C2CCCO2)C1. The fourth-order valence-corrected chi connectivity index (χ4v) is 3.44. The van der Waals surface area contributed by atoms with Gasteiger partial charge in [-0.25, -0.2) is 0 Å². The van der Waals surface area contributed by atoms with Gasteiger partial charge in [0.05, 0.1) is 19.3 Å². The maximum atomic E-state index is 12.1. The number of nitrogens with zero attached hydrogens (tertiary/aromatic N) is 2. The van der Waals surface area contributed by atoms with Crippen molar-refractivity contribution in [1.82, 2.24) is 15.5 Å². The van der Waals surface area contributed by atoms with Crippen molar-refractivity contribution in [2.75, 3.05) is 45.9 Å². The Labute approximate surface area is 161 Å². The minimum Gasteiger partial charge on any atom is -0.375 e. The summed E-state index contributed by atoms with van der Waals surface area (Å²) in [6.07, 6.45) is 2.47. The summed E-state index contributed by atoms with van der Waals surface area (Å²) in [5.74, 6) is 0.804. The summed E-state index contributed by atoms with van der Waals surface area (Å²) >= 11 is 0. The molecule has 2 aliphatic heterocycles. The third-order valence-electron chi connectivity index (χ3n) is 4.80. The van der Waals surface area contributed by atoms with Gasteiger partial charge >= 0.3 is 0 Å². The van der Waals surface area contributed by atoms with Crippen molar-refractivity contribution in [3.63, 3.8) is 0 Å². The number of aliphatic imine (C=N–C) groups is 1. The average Bonchev–Trinajstić information content (AvgIpc) is 3.26. The second kappa shape index (κ2) is 10.3. The molecule has 1 aromatic rings. The second-order valence-corrected chi connectivity index (χ2v) is 6.76. The summed E-state index contributed by atoms with van der Waals surface area (Å²) < 4.78 is 11.7. The number of hydrogen-bond donors (Lipinski definition) is 2. The Bertz CT molecular complexity index is 617. The molecule has 0 aromatic heterocycles. The number of morpholine rings is 1. The van der Waals surface area contributed by atoms with E-state index in [1.165, 1.54) is 0 Å². The van der Waals surface area contributed by atoms with Crippen molar-refractivity contribution in [2.45, 2.75) is 32.0 Å². The Morgan fingerprint density at radius 3 is 2.74 bits per heavy atom. The summed E-state index contributed by atoms with van der Waals surface area (Å²) in [7, 11) is 0. The van der Waals surface area contributed by atoms with Crippen molar-refractivity contribution < 1.29 is 14.3 Å². The van der Waals surface area contributed by atoms with Crippen LogP contribution < -0.4 is 10.6 Å². The lowest BCUT2D eigenvalue weighted by atomic mass is 10.1. The molecule has 7 nitrogen and oxygen atoms in total. The van der Waals surface area contributed by atoms with Crippen LogP contribution in [0.2, 0.25) is 0 Å². The third kappa shape index (κ3) is 5.68. The van der Waals surface area contributed by atoms with Gasteiger partial charge in [0.15, 0.2) is 5.96 Å². The normalized spacial score (nSPS) is 23.3. The maximum Gasteiger partial charge on any atom is 0.251 e. The zero-order valence-corrected chi connectivity index (χ0v) is 16.0. The quantitative estimate of drug-likeness (QED) is 0.445. The van der Waals surface area contributed by atoms with Gasteiger partial charge in [0.25, 0.3) is 5.91 Å². The maximum absolute atomic E-state index is 12.1. The standard InChI is InChI=1S/C20H30N4O3/c1-2-21-20(23-11-10-22-19(25)16-7-4-3-5-8-16)24-12-14-27-18(15-24)17-9-6-13-26-17/h3-5,7-8,17-18H,2,6,9-15H2,1H3,(H,21,23)(H,22,25). The second-order valence-electron chi connectivity index (χ2n) is 6.76. The Hall–Kier alpha value is -2.12. The molecule has 148 valence electrons. The highest BCUT2D eigenvalue weighted by Gasteiger charge is 2.32. The lowest BCUT2D eigenvalue weighted by Crippen LogP contribution is -2.53. The molecule has 2 heterocycles. The summed E-state index contributed by atoms with van der Waals surface area (Å²) in [5.41, 5.74) is 0.668. The van der Waals surface area contributed by atoms with Crippen LogP contribution in [0.25, 0.3) is 0 Å². The molecule has 27 heavy (non-hydrogen) atoms. The van der Waals surface area contributed by atoms with Gasteiger partial charge in [-0.2, -0.15) is 0 Å². The lowest BCUT2D eigenvalue weighted by Gasteiger charge is -2.37. The average molecular weight is 374 g/mol. The molecule has 2 N–H and O–H groups in total. The number of hydrogen-bond acceptors (Lipinski definition) is 4. The highest BCUT2D eigenvalue weighted by atomic mass is 16.5. The fraction of sp³-hybridized carbons (Fsp3) is 0.600. The zero-order chi connectivity index (χ0) is 18.9. The van der Waals surface area contributed by atoms with Gasteiger partial charge in [-0.1, -0.05) is 18.2 Å². The Balaban J connectivity index is 1.50. The molecule has 2 fully saturated rings. The molecule has 2 saturated heterocycles. The van der Waals surface area contributed by atoms with Crippen LogP contribution in [-0.4, -0.2) is 74.9 Å². The number of amides is 1. The lowest BCUT2D eigenvalue weighted by molar-refractivity contribution is -0.0817. The number of benzene rings is 1. The number of guanidine groups is 1. The van der Waals surface area contributed by atoms with Gasteiger partial charge in [-0.15, -0.1) is 0 Å². The van der Waals surface area contributed by atoms with Crippen molar-refractivity contribution in [2.24, 2.45) is 4.99 Å². The number of ether oxygens (including phenoxy) is 2. The first kappa shape index (κ1) is 19.6. The molecule has 0 radical (unpaired) electrons. The molecule has 2 aliphatic rings. The highest BCUT2D eigenvalue weighted by Crippen LogP contribution is 2.21.